The molecular weight excluding hydrogens is 260 g/mol. The van der Waals surface area contributed by atoms with Gasteiger partial charge in [-0.25, -0.2) is 4.79 Å². The molecule has 1 rings (SSSR count). The van der Waals surface area contributed by atoms with Gasteiger partial charge in [0.05, 0.1) is 18.2 Å². The van der Waals surface area contributed by atoms with E-state index in [2.05, 4.69) is 10.6 Å². The molecule has 0 bridgehead atoms. The molecule has 3 atom stereocenters. The summed E-state index contributed by atoms with van der Waals surface area (Å²) in [7, 11) is 0. The van der Waals surface area contributed by atoms with Crippen molar-refractivity contribution in [2.24, 2.45) is 0 Å². The molecule has 0 spiro atoms. The van der Waals surface area contributed by atoms with E-state index in [1.54, 1.807) is 6.92 Å². The lowest BCUT2D eigenvalue weighted by Crippen LogP contribution is -2.49. The van der Waals surface area contributed by atoms with Crippen LogP contribution in [-0.2, 0) is 6.42 Å². The fourth-order valence-electron chi connectivity index (χ4n) is 1.89. The van der Waals surface area contributed by atoms with Crippen molar-refractivity contribution in [1.29, 1.82) is 0 Å². The van der Waals surface area contributed by atoms with E-state index in [0.29, 0.717) is 13.0 Å². The number of hydrogen-bond donors (Lipinski definition) is 5. The molecular formula is C14H22N2O4. The van der Waals surface area contributed by atoms with Gasteiger partial charge in [0, 0.05) is 13.1 Å². The predicted octanol–water partition coefficient (Wildman–Crippen LogP) is 0.197. The fourth-order valence-corrected chi connectivity index (χ4v) is 1.89. The molecule has 0 aliphatic carbocycles. The summed E-state index contributed by atoms with van der Waals surface area (Å²) in [5.74, 6) is 0. The topological polar surface area (TPSA) is 102 Å². The number of amides is 1. The van der Waals surface area contributed by atoms with Crippen molar-refractivity contribution in [3.05, 3.63) is 35.9 Å². The van der Waals surface area contributed by atoms with Gasteiger partial charge in [-0.15, -0.1) is 0 Å². The maximum absolute atomic E-state index is 10.8. The van der Waals surface area contributed by atoms with Crippen LogP contribution in [0.25, 0.3) is 0 Å². The van der Waals surface area contributed by atoms with Crippen LogP contribution in [0, 0.1) is 0 Å². The Morgan fingerprint density at radius 2 is 1.85 bits per heavy atom. The lowest BCUT2D eigenvalue weighted by atomic mass is 10.0. The first-order valence-corrected chi connectivity index (χ1v) is 6.59. The van der Waals surface area contributed by atoms with Crippen LogP contribution in [0.2, 0.25) is 0 Å². The Bertz CT molecular complexity index is 397. The Morgan fingerprint density at radius 3 is 2.40 bits per heavy atom. The van der Waals surface area contributed by atoms with Crippen LogP contribution in [0.15, 0.2) is 30.3 Å². The molecule has 0 radical (unpaired) electrons. The van der Waals surface area contributed by atoms with Crippen LogP contribution < -0.4 is 10.6 Å². The third-order valence-corrected chi connectivity index (χ3v) is 2.86. The first-order chi connectivity index (χ1) is 9.49. The molecule has 1 unspecified atom stereocenters. The molecule has 5 N–H and O–H groups in total. The molecule has 1 aromatic rings. The van der Waals surface area contributed by atoms with Gasteiger partial charge < -0.3 is 26.0 Å². The Labute approximate surface area is 118 Å². The van der Waals surface area contributed by atoms with E-state index >= 15 is 0 Å². The van der Waals surface area contributed by atoms with Crippen molar-refractivity contribution in [3.8, 4) is 0 Å². The van der Waals surface area contributed by atoms with Crippen molar-refractivity contribution in [2.45, 2.75) is 31.6 Å². The lowest BCUT2D eigenvalue weighted by molar-refractivity contribution is 0.112. The van der Waals surface area contributed by atoms with Gasteiger partial charge in [-0.1, -0.05) is 30.3 Å². The van der Waals surface area contributed by atoms with Crippen molar-refractivity contribution < 1.29 is 20.1 Å². The monoisotopic (exact) mass is 282 g/mol. The zero-order valence-corrected chi connectivity index (χ0v) is 11.5. The van der Waals surface area contributed by atoms with Gasteiger partial charge in [-0.2, -0.15) is 0 Å². The SMILES string of the molecule is CC(O)CNC[C@H](O)[C@H](Cc1ccccc1)NC(=O)O. The third-order valence-electron chi connectivity index (χ3n) is 2.86. The zero-order chi connectivity index (χ0) is 15.0. The minimum Gasteiger partial charge on any atom is -0.465 e. The van der Waals surface area contributed by atoms with Gasteiger partial charge in [0.25, 0.3) is 0 Å². The summed E-state index contributed by atoms with van der Waals surface area (Å²) in [5, 5.41) is 33.3. The lowest BCUT2D eigenvalue weighted by Gasteiger charge is -2.23. The molecule has 112 valence electrons. The smallest absolute Gasteiger partial charge is 0.404 e. The quantitative estimate of drug-likeness (QED) is 0.469. The van der Waals surface area contributed by atoms with Gasteiger partial charge in [0.2, 0.25) is 0 Å². The molecule has 0 saturated carbocycles. The number of carbonyl (C=O) groups is 1. The highest BCUT2D eigenvalue weighted by atomic mass is 16.4. The van der Waals surface area contributed by atoms with E-state index in [4.69, 9.17) is 10.2 Å². The van der Waals surface area contributed by atoms with Crippen LogP contribution in [0.1, 0.15) is 12.5 Å². The minimum atomic E-state index is -1.17. The second-order valence-electron chi connectivity index (χ2n) is 4.82. The van der Waals surface area contributed by atoms with Gasteiger partial charge in [-0.05, 0) is 18.9 Å². The summed E-state index contributed by atoms with van der Waals surface area (Å²) in [6, 6.07) is 8.77. The second-order valence-corrected chi connectivity index (χ2v) is 4.82. The minimum absolute atomic E-state index is 0.211. The van der Waals surface area contributed by atoms with Crippen LogP contribution in [0.4, 0.5) is 4.79 Å². The van der Waals surface area contributed by atoms with Crippen LogP contribution in [0.3, 0.4) is 0 Å². The highest BCUT2D eigenvalue weighted by Gasteiger charge is 2.21. The maximum atomic E-state index is 10.8. The van der Waals surface area contributed by atoms with Crippen molar-refractivity contribution in [1.82, 2.24) is 10.6 Å². The normalized spacial score (nSPS) is 15.3. The molecule has 0 heterocycles. The van der Waals surface area contributed by atoms with E-state index in [9.17, 15) is 9.90 Å². The van der Waals surface area contributed by atoms with Crippen molar-refractivity contribution in [3.63, 3.8) is 0 Å². The first kappa shape index (κ1) is 16.4. The number of nitrogens with one attached hydrogen (secondary N) is 2. The number of aliphatic hydroxyl groups is 2. The molecule has 0 fully saturated rings. The van der Waals surface area contributed by atoms with E-state index < -0.39 is 24.3 Å². The third kappa shape index (κ3) is 6.51. The molecule has 0 saturated heterocycles. The average molecular weight is 282 g/mol. The summed E-state index contributed by atoms with van der Waals surface area (Å²) >= 11 is 0. The zero-order valence-electron chi connectivity index (χ0n) is 11.5. The molecule has 0 aromatic heterocycles. The average Bonchev–Trinajstić information content (AvgIpc) is 2.38. The number of hydrogen-bond acceptors (Lipinski definition) is 4. The Morgan fingerprint density at radius 1 is 1.20 bits per heavy atom. The number of carboxylic acid groups (broad SMARTS) is 1. The second kappa shape index (κ2) is 8.52. The van der Waals surface area contributed by atoms with E-state index in [1.807, 2.05) is 30.3 Å². The van der Waals surface area contributed by atoms with E-state index in [-0.39, 0.29) is 6.54 Å². The summed E-state index contributed by atoms with van der Waals surface area (Å²) in [6.07, 6.45) is -2.14. The highest BCUT2D eigenvalue weighted by molar-refractivity contribution is 5.65. The summed E-state index contributed by atoms with van der Waals surface area (Å²) < 4.78 is 0. The molecule has 1 aromatic carbocycles. The Kier molecular flexibility index (Phi) is 7.00. The number of aliphatic hydroxyl groups excluding tert-OH is 2. The van der Waals surface area contributed by atoms with Gasteiger partial charge >= 0.3 is 6.09 Å². The predicted molar refractivity (Wildman–Crippen MR) is 75.7 cm³/mol. The molecule has 6 heteroatoms. The Balaban J connectivity index is 2.56. The maximum Gasteiger partial charge on any atom is 0.404 e. The van der Waals surface area contributed by atoms with E-state index in [1.165, 1.54) is 0 Å². The fraction of sp³-hybridized carbons (Fsp3) is 0.500. The van der Waals surface area contributed by atoms with Crippen LogP contribution in [-0.4, -0.2) is 52.8 Å². The number of rotatable bonds is 8. The van der Waals surface area contributed by atoms with Gasteiger partial charge in [-0.3, -0.25) is 0 Å². The molecule has 0 aliphatic heterocycles. The number of benzene rings is 1. The van der Waals surface area contributed by atoms with Gasteiger partial charge in [0.15, 0.2) is 0 Å². The molecule has 0 aliphatic rings. The van der Waals surface area contributed by atoms with Crippen molar-refractivity contribution >= 4 is 6.09 Å². The summed E-state index contributed by atoms with van der Waals surface area (Å²) in [6.45, 7) is 2.20. The Hall–Kier alpha value is -1.63. The first-order valence-electron chi connectivity index (χ1n) is 6.59. The molecule has 20 heavy (non-hydrogen) atoms. The largest absolute Gasteiger partial charge is 0.465 e. The standard InChI is InChI=1S/C14H22N2O4/c1-10(17)8-15-9-13(18)12(16-14(19)20)7-11-5-3-2-4-6-11/h2-6,10,12-13,15-18H,7-9H2,1H3,(H,19,20)/t10?,12-,13-/m0/s1. The van der Waals surface area contributed by atoms with Crippen LogP contribution in [0.5, 0.6) is 0 Å². The van der Waals surface area contributed by atoms with Crippen molar-refractivity contribution in [2.75, 3.05) is 13.1 Å². The molecule has 6 nitrogen and oxygen atoms in total. The summed E-state index contributed by atoms with van der Waals surface area (Å²) in [4.78, 5) is 10.8. The van der Waals surface area contributed by atoms with E-state index in [0.717, 1.165) is 5.56 Å². The van der Waals surface area contributed by atoms with Gasteiger partial charge in [0.1, 0.15) is 0 Å². The highest BCUT2D eigenvalue weighted by Crippen LogP contribution is 2.06. The molecule has 1 amide bonds. The van der Waals surface area contributed by atoms with Crippen LogP contribution >= 0.6 is 0 Å². The summed E-state index contributed by atoms with van der Waals surface area (Å²) in [5.41, 5.74) is 0.945.